The first-order chi connectivity index (χ1) is 7.25. The fourth-order valence-corrected chi connectivity index (χ4v) is 2.13. The summed E-state index contributed by atoms with van der Waals surface area (Å²) >= 11 is 0. The first-order valence-corrected chi connectivity index (χ1v) is 6.06. The predicted molar refractivity (Wildman–Crippen MR) is 61.9 cm³/mol. The minimum atomic E-state index is 0.500. The van der Waals surface area contributed by atoms with E-state index in [1.54, 1.807) is 0 Å². The van der Waals surface area contributed by atoms with Crippen LogP contribution in [0, 0.1) is 0 Å². The summed E-state index contributed by atoms with van der Waals surface area (Å²) in [6.45, 7) is 7.80. The highest BCUT2D eigenvalue weighted by Crippen LogP contribution is 2.19. The second-order valence-electron chi connectivity index (χ2n) is 4.80. The molecule has 1 aliphatic heterocycles. The summed E-state index contributed by atoms with van der Waals surface area (Å²) in [6.07, 6.45) is 4.08. The van der Waals surface area contributed by atoms with Gasteiger partial charge in [-0.1, -0.05) is 20.3 Å². The molecule has 0 aliphatic carbocycles. The van der Waals surface area contributed by atoms with E-state index in [4.69, 9.17) is 4.42 Å². The fourth-order valence-electron chi connectivity index (χ4n) is 2.13. The predicted octanol–water partition coefficient (Wildman–Crippen LogP) is 3.39. The molecule has 2 heteroatoms. The molecule has 1 aliphatic rings. The van der Waals surface area contributed by atoms with E-state index in [1.165, 1.54) is 32.4 Å². The van der Waals surface area contributed by atoms with Crippen molar-refractivity contribution in [3.8, 4) is 0 Å². The van der Waals surface area contributed by atoms with Crippen LogP contribution in [0.4, 0.5) is 0 Å². The van der Waals surface area contributed by atoms with Gasteiger partial charge in [0.05, 0.1) is 6.54 Å². The average Bonchev–Trinajstić information content (AvgIpc) is 2.68. The zero-order valence-electron chi connectivity index (χ0n) is 9.83. The lowest BCUT2D eigenvalue weighted by molar-refractivity contribution is 0.203. The van der Waals surface area contributed by atoms with Crippen LogP contribution in [0.15, 0.2) is 16.5 Å². The molecule has 2 heterocycles. The molecule has 2 rings (SSSR count). The summed E-state index contributed by atoms with van der Waals surface area (Å²) in [5.74, 6) is 2.74. The molecule has 1 saturated heterocycles. The van der Waals surface area contributed by atoms with Gasteiger partial charge in [-0.25, -0.2) is 0 Å². The van der Waals surface area contributed by atoms with Crippen molar-refractivity contribution in [3.05, 3.63) is 23.7 Å². The molecule has 0 spiro atoms. The topological polar surface area (TPSA) is 16.4 Å². The van der Waals surface area contributed by atoms with Gasteiger partial charge >= 0.3 is 0 Å². The van der Waals surface area contributed by atoms with Crippen molar-refractivity contribution in [3.63, 3.8) is 0 Å². The second kappa shape index (κ2) is 4.84. The Kier molecular flexibility index (Phi) is 3.47. The molecule has 0 amide bonds. The van der Waals surface area contributed by atoms with E-state index >= 15 is 0 Å². The lowest BCUT2D eigenvalue weighted by atomic mass is 10.1. The number of rotatable bonds is 3. The highest BCUT2D eigenvalue weighted by atomic mass is 16.3. The van der Waals surface area contributed by atoms with Crippen molar-refractivity contribution in [1.82, 2.24) is 4.90 Å². The highest BCUT2D eigenvalue weighted by molar-refractivity contribution is 5.10. The van der Waals surface area contributed by atoms with E-state index in [-0.39, 0.29) is 0 Å². The van der Waals surface area contributed by atoms with Crippen LogP contribution in [0.3, 0.4) is 0 Å². The monoisotopic (exact) mass is 207 g/mol. The Morgan fingerprint density at radius 2 is 1.93 bits per heavy atom. The molecular weight excluding hydrogens is 186 g/mol. The summed E-state index contributed by atoms with van der Waals surface area (Å²) in [7, 11) is 0. The van der Waals surface area contributed by atoms with Crippen molar-refractivity contribution in [2.24, 2.45) is 0 Å². The SMILES string of the molecule is CC(C)c1ccc(CN2CCCCC2)o1. The molecule has 0 saturated carbocycles. The van der Waals surface area contributed by atoms with Gasteiger partial charge in [0.1, 0.15) is 11.5 Å². The van der Waals surface area contributed by atoms with Crippen LogP contribution in [0.1, 0.15) is 50.5 Å². The van der Waals surface area contributed by atoms with E-state index in [9.17, 15) is 0 Å². The van der Waals surface area contributed by atoms with E-state index in [2.05, 4.69) is 30.9 Å². The zero-order valence-corrected chi connectivity index (χ0v) is 9.83. The maximum atomic E-state index is 5.81. The molecule has 15 heavy (non-hydrogen) atoms. The number of hydrogen-bond donors (Lipinski definition) is 0. The van der Waals surface area contributed by atoms with E-state index in [0.29, 0.717) is 5.92 Å². The van der Waals surface area contributed by atoms with E-state index < -0.39 is 0 Å². The Balaban J connectivity index is 1.91. The summed E-state index contributed by atoms with van der Waals surface area (Å²) < 4.78 is 5.81. The third-order valence-corrected chi connectivity index (χ3v) is 3.08. The van der Waals surface area contributed by atoms with Crippen LogP contribution in [0.25, 0.3) is 0 Å². The zero-order chi connectivity index (χ0) is 10.7. The molecule has 84 valence electrons. The van der Waals surface area contributed by atoms with Gasteiger partial charge in [0.25, 0.3) is 0 Å². The van der Waals surface area contributed by atoms with Gasteiger partial charge in [-0.15, -0.1) is 0 Å². The van der Waals surface area contributed by atoms with Gasteiger partial charge in [0, 0.05) is 5.92 Å². The third-order valence-electron chi connectivity index (χ3n) is 3.08. The summed E-state index contributed by atoms with van der Waals surface area (Å²) in [5.41, 5.74) is 0. The van der Waals surface area contributed by atoms with E-state index in [0.717, 1.165) is 18.1 Å². The molecule has 0 bridgehead atoms. The van der Waals surface area contributed by atoms with Crippen molar-refractivity contribution >= 4 is 0 Å². The highest BCUT2D eigenvalue weighted by Gasteiger charge is 2.13. The number of nitrogens with zero attached hydrogens (tertiary/aromatic N) is 1. The quantitative estimate of drug-likeness (QED) is 0.755. The first kappa shape index (κ1) is 10.7. The summed E-state index contributed by atoms with van der Waals surface area (Å²) in [4.78, 5) is 2.49. The molecular formula is C13H21NO. The van der Waals surface area contributed by atoms with Gasteiger partial charge in [0.2, 0.25) is 0 Å². The molecule has 0 aromatic carbocycles. The first-order valence-electron chi connectivity index (χ1n) is 6.06. The lowest BCUT2D eigenvalue weighted by Gasteiger charge is -2.25. The smallest absolute Gasteiger partial charge is 0.118 e. The van der Waals surface area contributed by atoms with Gasteiger partial charge in [-0.3, -0.25) is 4.90 Å². The maximum absolute atomic E-state index is 5.81. The number of hydrogen-bond acceptors (Lipinski definition) is 2. The van der Waals surface area contributed by atoms with E-state index in [1.807, 2.05) is 0 Å². The summed E-state index contributed by atoms with van der Waals surface area (Å²) in [5, 5.41) is 0. The Hall–Kier alpha value is -0.760. The minimum absolute atomic E-state index is 0.500. The van der Waals surface area contributed by atoms with Crippen molar-refractivity contribution in [2.45, 2.75) is 45.6 Å². The summed E-state index contributed by atoms with van der Waals surface area (Å²) in [6, 6.07) is 4.24. The van der Waals surface area contributed by atoms with Gasteiger partial charge in [0.15, 0.2) is 0 Å². The van der Waals surface area contributed by atoms with Crippen LogP contribution >= 0.6 is 0 Å². The van der Waals surface area contributed by atoms with Crippen LogP contribution in [0.5, 0.6) is 0 Å². The largest absolute Gasteiger partial charge is 0.464 e. The lowest BCUT2D eigenvalue weighted by Crippen LogP contribution is -2.28. The third kappa shape index (κ3) is 2.85. The Morgan fingerprint density at radius 3 is 2.53 bits per heavy atom. The van der Waals surface area contributed by atoms with Crippen molar-refractivity contribution < 1.29 is 4.42 Å². The molecule has 1 fully saturated rings. The van der Waals surface area contributed by atoms with Gasteiger partial charge in [-0.05, 0) is 38.1 Å². The van der Waals surface area contributed by atoms with Gasteiger partial charge < -0.3 is 4.42 Å². The minimum Gasteiger partial charge on any atom is -0.464 e. The number of furan rings is 1. The molecule has 0 radical (unpaired) electrons. The molecule has 0 atom stereocenters. The van der Waals surface area contributed by atoms with Crippen molar-refractivity contribution in [1.29, 1.82) is 0 Å². The Bertz CT molecular complexity index is 297. The van der Waals surface area contributed by atoms with Crippen LogP contribution in [0.2, 0.25) is 0 Å². The Morgan fingerprint density at radius 1 is 1.20 bits per heavy atom. The second-order valence-corrected chi connectivity index (χ2v) is 4.80. The molecule has 0 unspecified atom stereocenters. The number of piperidine rings is 1. The van der Waals surface area contributed by atoms with Crippen LogP contribution in [-0.4, -0.2) is 18.0 Å². The van der Waals surface area contributed by atoms with Crippen LogP contribution in [-0.2, 0) is 6.54 Å². The maximum Gasteiger partial charge on any atom is 0.118 e. The fraction of sp³-hybridized carbons (Fsp3) is 0.692. The molecule has 1 aromatic rings. The normalized spacial score (nSPS) is 18.6. The van der Waals surface area contributed by atoms with Crippen LogP contribution < -0.4 is 0 Å². The standard InChI is InChI=1S/C13H21NO/c1-11(2)13-7-6-12(15-13)10-14-8-4-3-5-9-14/h6-7,11H,3-5,8-10H2,1-2H3. The molecule has 2 nitrogen and oxygen atoms in total. The number of likely N-dealkylation sites (tertiary alicyclic amines) is 1. The van der Waals surface area contributed by atoms with Gasteiger partial charge in [-0.2, -0.15) is 0 Å². The van der Waals surface area contributed by atoms with Crippen molar-refractivity contribution in [2.75, 3.05) is 13.1 Å². The molecule has 0 N–H and O–H groups in total. The average molecular weight is 207 g/mol. The Labute approximate surface area is 92.3 Å². The molecule has 1 aromatic heterocycles.